The van der Waals surface area contributed by atoms with E-state index in [1.807, 2.05) is 6.92 Å². The largest absolute Gasteiger partial charge is 0.490 e. The summed E-state index contributed by atoms with van der Waals surface area (Å²) in [6.45, 7) is 1.75. The number of allylic oxidation sites excluding steroid dienone is 1. The zero-order valence-electron chi connectivity index (χ0n) is 22.8. The second-order valence-corrected chi connectivity index (χ2v) is 9.20. The third kappa shape index (κ3) is 5.87. The highest BCUT2D eigenvalue weighted by atomic mass is 19.4. The fraction of sp³-hybridized carbons (Fsp3) is 0.407. The molecule has 13 heteroatoms. The molecule has 1 aromatic carbocycles. The van der Waals surface area contributed by atoms with Gasteiger partial charge in [-0.1, -0.05) is 6.92 Å². The number of alkyl halides is 3. The van der Waals surface area contributed by atoms with Crippen LogP contribution in [0.1, 0.15) is 42.4 Å². The summed E-state index contributed by atoms with van der Waals surface area (Å²) < 4.78 is 72.4. The van der Waals surface area contributed by atoms with Crippen LogP contribution in [-0.4, -0.2) is 46.5 Å². The minimum atomic E-state index is -4.64. The molecule has 9 nitrogen and oxygen atoms in total. The average Bonchev–Trinajstić information content (AvgIpc) is 3.69. The second kappa shape index (κ2) is 11.5. The summed E-state index contributed by atoms with van der Waals surface area (Å²) in [6.07, 6.45) is 0.00378. The van der Waals surface area contributed by atoms with Gasteiger partial charge in [-0.3, -0.25) is 4.99 Å². The number of aryl methyl sites for hydroxylation is 2. The highest BCUT2D eigenvalue weighted by molar-refractivity contribution is 6.25. The fourth-order valence-corrected chi connectivity index (χ4v) is 4.32. The van der Waals surface area contributed by atoms with Gasteiger partial charge >= 0.3 is 6.18 Å². The Morgan fingerprint density at radius 3 is 2.45 bits per heavy atom. The quantitative estimate of drug-likeness (QED) is 0.212. The number of ether oxygens (including phenoxy) is 3. The number of halogens is 4. The number of aliphatic imine (C=N–C) groups is 1. The Morgan fingerprint density at radius 1 is 1.18 bits per heavy atom. The van der Waals surface area contributed by atoms with Crippen molar-refractivity contribution in [3.8, 4) is 23.0 Å². The van der Waals surface area contributed by atoms with Crippen molar-refractivity contribution in [2.24, 2.45) is 23.7 Å². The van der Waals surface area contributed by atoms with Crippen LogP contribution in [0.4, 0.5) is 17.6 Å². The molecular formula is C27H30F4N6O3. The molecule has 0 bridgehead atoms. The molecule has 4 rings (SSSR count). The molecule has 0 radical (unpaired) electrons. The van der Waals surface area contributed by atoms with Crippen molar-refractivity contribution >= 4 is 11.3 Å². The molecule has 2 heterocycles. The summed E-state index contributed by atoms with van der Waals surface area (Å²) in [4.78, 5) is 16.9. The van der Waals surface area contributed by atoms with Crippen LogP contribution in [0.25, 0.3) is 17.0 Å². The standard InChI is InChI=1S/C27H30F4N6O3/c1-6-14-9-17(25-35-20(12-37(25)3)27(29,30)31)18(28)10-16(14)13-40-26-19(38-4)11-34-24(36-26)21(23(32)39-5)22(33-2)15-7-8-15/h9-12,15H,6-8,13,32H2,1-5H3. The number of nitrogens with two attached hydrogens (primary N) is 1. The van der Waals surface area contributed by atoms with Gasteiger partial charge in [-0.25, -0.2) is 14.4 Å². The van der Waals surface area contributed by atoms with E-state index >= 15 is 4.39 Å². The number of imidazole rings is 1. The first-order valence-corrected chi connectivity index (χ1v) is 12.5. The maximum atomic E-state index is 15.2. The first kappa shape index (κ1) is 28.8. The first-order chi connectivity index (χ1) is 19.0. The number of rotatable bonds is 10. The molecule has 0 saturated heterocycles. The van der Waals surface area contributed by atoms with Crippen LogP contribution in [0.15, 0.2) is 35.4 Å². The molecule has 214 valence electrons. The van der Waals surface area contributed by atoms with Crippen LogP contribution in [-0.2, 0) is 31.0 Å². The van der Waals surface area contributed by atoms with Crippen LogP contribution in [0.2, 0.25) is 0 Å². The van der Waals surface area contributed by atoms with E-state index in [1.54, 1.807) is 7.05 Å². The van der Waals surface area contributed by atoms with E-state index in [9.17, 15) is 13.2 Å². The Balaban J connectivity index is 1.67. The van der Waals surface area contributed by atoms with Gasteiger partial charge in [0.1, 0.15) is 23.8 Å². The Kier molecular flexibility index (Phi) is 8.31. The first-order valence-electron chi connectivity index (χ1n) is 12.5. The summed E-state index contributed by atoms with van der Waals surface area (Å²) in [5.74, 6) is 0.0259. The molecule has 0 spiro atoms. The van der Waals surface area contributed by atoms with E-state index in [2.05, 4.69) is 19.9 Å². The van der Waals surface area contributed by atoms with Gasteiger partial charge in [0.2, 0.25) is 0 Å². The number of benzene rings is 1. The number of methoxy groups -OCH3 is 2. The normalized spacial score (nSPS) is 14.7. The lowest BCUT2D eigenvalue weighted by molar-refractivity contribution is -0.140. The zero-order chi connectivity index (χ0) is 29.2. The number of aromatic nitrogens is 4. The molecule has 40 heavy (non-hydrogen) atoms. The average molecular weight is 563 g/mol. The highest BCUT2D eigenvalue weighted by Gasteiger charge is 2.35. The van der Waals surface area contributed by atoms with E-state index in [0.717, 1.165) is 29.3 Å². The number of nitrogens with zero attached hydrogens (tertiary/aromatic N) is 5. The van der Waals surface area contributed by atoms with Crippen molar-refractivity contribution in [3.05, 3.63) is 58.9 Å². The summed E-state index contributed by atoms with van der Waals surface area (Å²) >= 11 is 0. The third-order valence-corrected chi connectivity index (χ3v) is 6.54. The maximum Gasteiger partial charge on any atom is 0.434 e. The Hall–Kier alpha value is -4.16. The minimum Gasteiger partial charge on any atom is -0.490 e. The Bertz CT molecular complexity index is 1460. The lowest BCUT2D eigenvalue weighted by Gasteiger charge is -2.16. The van der Waals surface area contributed by atoms with Crippen LogP contribution in [0.3, 0.4) is 0 Å². The lowest BCUT2D eigenvalue weighted by atomic mass is 10.0. The molecule has 1 aliphatic rings. The van der Waals surface area contributed by atoms with Crippen molar-refractivity contribution in [1.29, 1.82) is 0 Å². The van der Waals surface area contributed by atoms with E-state index < -0.39 is 17.7 Å². The predicted octanol–water partition coefficient (Wildman–Crippen LogP) is 4.94. The van der Waals surface area contributed by atoms with Crippen molar-refractivity contribution in [1.82, 2.24) is 19.5 Å². The Morgan fingerprint density at radius 2 is 1.90 bits per heavy atom. The van der Waals surface area contributed by atoms with Gasteiger partial charge in [0.25, 0.3) is 5.88 Å². The fourth-order valence-electron chi connectivity index (χ4n) is 4.32. The van der Waals surface area contributed by atoms with E-state index in [1.165, 1.54) is 39.6 Å². The van der Waals surface area contributed by atoms with Gasteiger partial charge in [-0.15, -0.1) is 0 Å². The van der Waals surface area contributed by atoms with Crippen molar-refractivity contribution in [3.63, 3.8) is 0 Å². The van der Waals surface area contributed by atoms with Crippen molar-refractivity contribution in [2.45, 2.75) is 39.0 Å². The summed E-state index contributed by atoms with van der Waals surface area (Å²) in [5, 5.41) is 0. The molecule has 1 aliphatic carbocycles. The van der Waals surface area contributed by atoms with Gasteiger partial charge in [0.15, 0.2) is 23.2 Å². The van der Waals surface area contributed by atoms with Crippen LogP contribution in [0.5, 0.6) is 11.6 Å². The molecule has 0 unspecified atom stereocenters. The van der Waals surface area contributed by atoms with E-state index in [0.29, 0.717) is 23.1 Å². The SMILES string of the molecule is CCc1cc(-c2nc(C(F)(F)F)cn2C)c(F)cc1COc1nc(C(C(=NC)C2CC2)=C(N)OC)ncc1OC. The van der Waals surface area contributed by atoms with Crippen LogP contribution in [0, 0.1) is 11.7 Å². The van der Waals surface area contributed by atoms with Gasteiger partial charge in [-0.2, -0.15) is 18.2 Å². The molecule has 1 fully saturated rings. The van der Waals surface area contributed by atoms with Crippen molar-refractivity contribution < 1.29 is 31.8 Å². The molecule has 0 atom stereocenters. The van der Waals surface area contributed by atoms with Crippen LogP contribution < -0.4 is 15.2 Å². The molecule has 2 aromatic heterocycles. The zero-order valence-corrected chi connectivity index (χ0v) is 22.8. The second-order valence-electron chi connectivity index (χ2n) is 9.20. The molecule has 0 amide bonds. The molecule has 1 saturated carbocycles. The van der Waals surface area contributed by atoms with Gasteiger partial charge < -0.3 is 24.5 Å². The number of hydrogen-bond donors (Lipinski definition) is 1. The monoisotopic (exact) mass is 562 g/mol. The predicted molar refractivity (Wildman–Crippen MR) is 140 cm³/mol. The highest BCUT2D eigenvalue weighted by Crippen LogP contribution is 2.37. The van der Waals surface area contributed by atoms with Crippen LogP contribution >= 0.6 is 0 Å². The summed E-state index contributed by atoms with van der Waals surface area (Å²) in [6, 6.07) is 2.72. The van der Waals surface area contributed by atoms with Gasteiger partial charge in [-0.05, 0) is 42.5 Å². The summed E-state index contributed by atoms with van der Waals surface area (Å²) in [5.41, 5.74) is 7.34. The minimum absolute atomic E-state index is 0.0446. The maximum absolute atomic E-state index is 15.2. The summed E-state index contributed by atoms with van der Waals surface area (Å²) in [7, 11) is 5.92. The lowest BCUT2D eigenvalue weighted by Crippen LogP contribution is -2.16. The van der Waals surface area contributed by atoms with E-state index in [-0.39, 0.29) is 47.2 Å². The smallest absolute Gasteiger partial charge is 0.434 e. The molecule has 0 aliphatic heterocycles. The topological polar surface area (TPSA) is 110 Å². The van der Waals surface area contributed by atoms with E-state index in [4.69, 9.17) is 19.9 Å². The third-order valence-electron chi connectivity index (χ3n) is 6.54. The van der Waals surface area contributed by atoms with Gasteiger partial charge in [0, 0.05) is 26.2 Å². The van der Waals surface area contributed by atoms with Gasteiger partial charge in [0.05, 0.1) is 31.7 Å². The number of hydrogen-bond acceptors (Lipinski definition) is 8. The Labute approximate surface area is 228 Å². The van der Waals surface area contributed by atoms with Crippen molar-refractivity contribution in [2.75, 3.05) is 21.3 Å². The molecular weight excluding hydrogens is 532 g/mol. The molecule has 3 aromatic rings. The molecule has 2 N–H and O–H groups in total.